The van der Waals surface area contributed by atoms with Crippen molar-refractivity contribution in [1.29, 1.82) is 0 Å². The normalized spacial score (nSPS) is 20.2. The van der Waals surface area contributed by atoms with E-state index in [1.807, 2.05) is 19.1 Å². The van der Waals surface area contributed by atoms with Gasteiger partial charge in [0, 0.05) is 6.54 Å². The van der Waals surface area contributed by atoms with Gasteiger partial charge in [-0.15, -0.1) is 0 Å². The van der Waals surface area contributed by atoms with E-state index in [1.165, 1.54) is 0 Å². The molecule has 2 rings (SSSR count). The van der Waals surface area contributed by atoms with Gasteiger partial charge in [0.15, 0.2) is 0 Å². The summed E-state index contributed by atoms with van der Waals surface area (Å²) >= 11 is 0. The Kier molecular flexibility index (Phi) is 4.34. The third-order valence-electron chi connectivity index (χ3n) is 2.83. The van der Waals surface area contributed by atoms with Crippen LogP contribution in [0.4, 0.5) is 0 Å². The summed E-state index contributed by atoms with van der Waals surface area (Å²) in [5.74, 6) is 0. The second-order valence-corrected chi connectivity index (χ2v) is 5.83. The van der Waals surface area contributed by atoms with Crippen molar-refractivity contribution in [1.82, 2.24) is 4.72 Å². The molecule has 18 heavy (non-hydrogen) atoms. The Morgan fingerprint density at radius 2 is 2.17 bits per heavy atom. The van der Waals surface area contributed by atoms with Crippen LogP contribution in [0, 0.1) is 0 Å². The van der Waals surface area contributed by atoms with Crippen LogP contribution in [0.3, 0.4) is 0 Å². The van der Waals surface area contributed by atoms with Gasteiger partial charge in [-0.3, -0.25) is 0 Å². The van der Waals surface area contributed by atoms with Gasteiger partial charge in [0.2, 0.25) is 10.0 Å². The Hall–Kier alpha value is -0.950. The third-order valence-corrected chi connectivity index (χ3v) is 4.36. The van der Waals surface area contributed by atoms with Crippen LogP contribution in [0.2, 0.25) is 0 Å². The number of benzene rings is 1. The second-order valence-electron chi connectivity index (χ2n) is 4.09. The summed E-state index contributed by atoms with van der Waals surface area (Å²) in [4.78, 5) is 0.339. The van der Waals surface area contributed by atoms with E-state index in [2.05, 4.69) is 4.72 Å². The second kappa shape index (κ2) is 5.79. The Labute approximate surface area is 107 Å². The highest BCUT2D eigenvalue weighted by atomic mass is 32.2. The molecule has 0 amide bonds. The highest BCUT2D eigenvalue weighted by Crippen LogP contribution is 2.16. The summed E-state index contributed by atoms with van der Waals surface area (Å²) in [7, 11) is -3.48. The first-order valence-corrected chi connectivity index (χ1v) is 7.38. The zero-order chi connectivity index (χ0) is 13.0. The van der Waals surface area contributed by atoms with Gasteiger partial charge >= 0.3 is 0 Å². The monoisotopic (exact) mass is 271 g/mol. The first kappa shape index (κ1) is 13.5. The SMILES string of the molecule is CCc1ccccc1S(=O)(=O)NC[C@H]1COCO1. The lowest BCUT2D eigenvalue weighted by Gasteiger charge is -2.12. The van der Waals surface area contributed by atoms with Crippen LogP contribution < -0.4 is 4.72 Å². The van der Waals surface area contributed by atoms with Crippen molar-refractivity contribution in [3.8, 4) is 0 Å². The maximum absolute atomic E-state index is 12.2. The molecule has 5 nitrogen and oxygen atoms in total. The molecule has 1 aromatic carbocycles. The average Bonchev–Trinajstić information content (AvgIpc) is 2.89. The van der Waals surface area contributed by atoms with Crippen molar-refractivity contribution in [2.24, 2.45) is 0 Å². The van der Waals surface area contributed by atoms with Crippen molar-refractivity contribution < 1.29 is 17.9 Å². The molecule has 1 N–H and O–H groups in total. The van der Waals surface area contributed by atoms with Gasteiger partial charge < -0.3 is 9.47 Å². The van der Waals surface area contributed by atoms with E-state index < -0.39 is 10.0 Å². The number of rotatable bonds is 5. The molecule has 0 saturated carbocycles. The summed E-state index contributed by atoms with van der Waals surface area (Å²) in [6.07, 6.45) is 0.480. The minimum Gasteiger partial charge on any atom is -0.353 e. The van der Waals surface area contributed by atoms with E-state index in [0.717, 1.165) is 5.56 Å². The molecule has 0 unspecified atom stereocenters. The summed E-state index contributed by atoms with van der Waals surface area (Å²) in [6.45, 7) is 2.83. The van der Waals surface area contributed by atoms with Crippen LogP contribution in [0.5, 0.6) is 0 Å². The molecule has 0 bridgehead atoms. The van der Waals surface area contributed by atoms with Crippen molar-refractivity contribution in [3.63, 3.8) is 0 Å². The van der Waals surface area contributed by atoms with Crippen molar-refractivity contribution in [2.75, 3.05) is 19.9 Å². The molecule has 1 heterocycles. The molecule has 0 radical (unpaired) electrons. The number of aryl methyl sites for hydroxylation is 1. The fourth-order valence-corrected chi connectivity index (χ4v) is 3.20. The van der Waals surface area contributed by atoms with Crippen molar-refractivity contribution >= 4 is 10.0 Å². The number of ether oxygens (including phenoxy) is 2. The van der Waals surface area contributed by atoms with Gasteiger partial charge in [0.1, 0.15) is 6.79 Å². The average molecular weight is 271 g/mol. The smallest absolute Gasteiger partial charge is 0.240 e. The van der Waals surface area contributed by atoms with Crippen LogP contribution in [-0.2, 0) is 25.9 Å². The highest BCUT2D eigenvalue weighted by Gasteiger charge is 2.21. The zero-order valence-electron chi connectivity index (χ0n) is 10.3. The molecule has 1 aliphatic rings. The quantitative estimate of drug-likeness (QED) is 0.864. The van der Waals surface area contributed by atoms with E-state index >= 15 is 0 Å². The molecule has 1 aliphatic heterocycles. The molecule has 1 saturated heterocycles. The summed E-state index contributed by atoms with van der Waals surface area (Å²) < 4.78 is 37.1. The van der Waals surface area contributed by atoms with Gasteiger partial charge in [-0.05, 0) is 18.1 Å². The molecule has 1 aromatic rings. The van der Waals surface area contributed by atoms with E-state index in [4.69, 9.17) is 9.47 Å². The Balaban J connectivity index is 2.09. The minimum absolute atomic E-state index is 0.200. The van der Waals surface area contributed by atoms with Crippen molar-refractivity contribution in [2.45, 2.75) is 24.3 Å². The standard InChI is InChI=1S/C12H17NO4S/c1-2-10-5-3-4-6-12(10)18(14,15)13-7-11-8-16-9-17-11/h3-6,11,13H,2,7-9H2,1H3/t11-/m0/s1. The third kappa shape index (κ3) is 3.08. The number of nitrogens with one attached hydrogen (secondary N) is 1. The maximum atomic E-state index is 12.2. The molecule has 100 valence electrons. The molecule has 0 spiro atoms. The van der Waals surface area contributed by atoms with Gasteiger partial charge in [-0.1, -0.05) is 25.1 Å². The minimum atomic E-state index is -3.48. The fraction of sp³-hybridized carbons (Fsp3) is 0.500. The zero-order valence-corrected chi connectivity index (χ0v) is 11.1. The van der Waals surface area contributed by atoms with Crippen LogP contribution in [-0.4, -0.2) is 34.5 Å². The highest BCUT2D eigenvalue weighted by molar-refractivity contribution is 7.89. The first-order chi connectivity index (χ1) is 8.63. The molecule has 0 aromatic heterocycles. The van der Waals surface area contributed by atoms with Gasteiger partial charge in [0.25, 0.3) is 0 Å². The van der Waals surface area contributed by atoms with Gasteiger partial charge in [-0.25, -0.2) is 13.1 Å². The summed E-state index contributed by atoms with van der Waals surface area (Å²) in [5.41, 5.74) is 0.814. The Morgan fingerprint density at radius 1 is 1.39 bits per heavy atom. The molecular weight excluding hydrogens is 254 g/mol. The molecule has 1 fully saturated rings. The van der Waals surface area contributed by atoms with E-state index in [0.29, 0.717) is 17.9 Å². The first-order valence-electron chi connectivity index (χ1n) is 5.90. The summed E-state index contributed by atoms with van der Waals surface area (Å²) in [6, 6.07) is 7.01. The number of hydrogen-bond donors (Lipinski definition) is 1. The van der Waals surface area contributed by atoms with Gasteiger partial charge in [-0.2, -0.15) is 0 Å². The summed E-state index contributed by atoms with van der Waals surface area (Å²) in [5, 5.41) is 0. The van der Waals surface area contributed by atoms with Crippen LogP contribution in [0.25, 0.3) is 0 Å². The number of sulfonamides is 1. The van der Waals surface area contributed by atoms with E-state index in [1.54, 1.807) is 12.1 Å². The largest absolute Gasteiger partial charge is 0.353 e. The lowest BCUT2D eigenvalue weighted by Crippen LogP contribution is -2.33. The Bertz CT molecular complexity index is 495. The van der Waals surface area contributed by atoms with Crippen LogP contribution in [0.1, 0.15) is 12.5 Å². The van der Waals surface area contributed by atoms with Crippen LogP contribution in [0.15, 0.2) is 29.2 Å². The molecular formula is C12H17NO4S. The predicted octanol–water partition coefficient (Wildman–Crippen LogP) is 0.900. The fourth-order valence-electron chi connectivity index (χ4n) is 1.83. The van der Waals surface area contributed by atoms with Gasteiger partial charge in [0.05, 0.1) is 17.6 Å². The molecule has 0 aliphatic carbocycles. The molecule has 6 heteroatoms. The van der Waals surface area contributed by atoms with E-state index in [-0.39, 0.29) is 19.4 Å². The molecule has 1 atom stereocenters. The van der Waals surface area contributed by atoms with Crippen molar-refractivity contribution in [3.05, 3.63) is 29.8 Å². The predicted molar refractivity (Wildman–Crippen MR) is 66.7 cm³/mol. The maximum Gasteiger partial charge on any atom is 0.240 e. The topological polar surface area (TPSA) is 64.6 Å². The number of hydrogen-bond acceptors (Lipinski definition) is 4. The lowest BCUT2D eigenvalue weighted by atomic mass is 10.2. The van der Waals surface area contributed by atoms with Crippen LogP contribution >= 0.6 is 0 Å². The van der Waals surface area contributed by atoms with E-state index in [9.17, 15) is 8.42 Å². The Morgan fingerprint density at radius 3 is 2.83 bits per heavy atom. The lowest BCUT2D eigenvalue weighted by molar-refractivity contribution is 0.0482.